The first-order valence-electron chi connectivity index (χ1n) is 28.0. The van der Waals surface area contributed by atoms with Gasteiger partial charge in [-0.3, -0.25) is 9.10 Å². The van der Waals surface area contributed by atoms with Crippen LogP contribution in [-0.2, 0) is 4.79 Å². The molecule has 6 rings (SSSR count). The zero-order chi connectivity index (χ0) is 41.9. The molecule has 10 atom stereocenters. The lowest BCUT2D eigenvalue weighted by Crippen LogP contribution is -2.27. The van der Waals surface area contributed by atoms with E-state index in [0.29, 0.717) is 23.5 Å². The standard InChI is InChI=1S/C57H101NOS/c1-4-6-16-24-49-38-53(49)42-55-40-51(55)26-20-14-10-8-12-18-22-45(36-57(59)37-47-29-28-46(35-47)34-44(3)48-30-32-58(60)33-31-48)23-19-13-9-11-15-21-27-52-41-56(52)43-54-39-50(54)25-17-7-5-2/h45-56,60H,3-43H2,1-2H3. The van der Waals surface area contributed by atoms with Crippen LogP contribution in [0.15, 0.2) is 12.2 Å². The van der Waals surface area contributed by atoms with Crippen LogP contribution in [0.25, 0.3) is 0 Å². The van der Waals surface area contributed by atoms with Crippen LogP contribution in [0.2, 0.25) is 0 Å². The van der Waals surface area contributed by atoms with Crippen molar-refractivity contribution >= 4 is 18.6 Å². The second-order valence-corrected chi connectivity index (χ2v) is 23.9. The molecule has 6 fully saturated rings. The third-order valence-electron chi connectivity index (χ3n) is 18.0. The molecule has 0 bridgehead atoms. The lowest BCUT2D eigenvalue weighted by molar-refractivity contribution is -0.121. The van der Waals surface area contributed by atoms with Crippen molar-refractivity contribution in [3.8, 4) is 0 Å². The van der Waals surface area contributed by atoms with Crippen LogP contribution in [0.4, 0.5) is 0 Å². The van der Waals surface area contributed by atoms with Gasteiger partial charge in [-0.1, -0.05) is 193 Å². The molecule has 2 nitrogen and oxygen atoms in total. The van der Waals surface area contributed by atoms with E-state index < -0.39 is 0 Å². The first-order valence-corrected chi connectivity index (χ1v) is 28.4. The topological polar surface area (TPSA) is 20.3 Å². The second-order valence-electron chi connectivity index (χ2n) is 23.3. The molecule has 5 aliphatic carbocycles. The maximum absolute atomic E-state index is 13.6. The number of hydrogen-bond donors (Lipinski definition) is 1. The fraction of sp³-hybridized carbons (Fsp3) is 0.947. The minimum atomic E-state index is 0.602. The molecule has 0 aromatic carbocycles. The van der Waals surface area contributed by atoms with Gasteiger partial charge >= 0.3 is 0 Å². The number of carbonyl (C=O) groups is 1. The summed E-state index contributed by atoms with van der Waals surface area (Å²) < 4.78 is 2.17. The zero-order valence-electron chi connectivity index (χ0n) is 40.2. The third kappa shape index (κ3) is 19.1. The van der Waals surface area contributed by atoms with E-state index in [0.717, 1.165) is 79.2 Å². The summed E-state index contributed by atoms with van der Waals surface area (Å²) in [4.78, 5) is 13.6. The normalized spacial score (nSPS) is 31.7. The summed E-state index contributed by atoms with van der Waals surface area (Å²) in [6.45, 7) is 11.4. The van der Waals surface area contributed by atoms with Gasteiger partial charge in [0.05, 0.1) is 0 Å². The van der Waals surface area contributed by atoms with Crippen molar-refractivity contribution in [2.75, 3.05) is 13.1 Å². The monoisotopic (exact) mass is 848 g/mol. The molecule has 0 aromatic heterocycles. The fourth-order valence-corrected chi connectivity index (χ4v) is 13.7. The van der Waals surface area contributed by atoms with Gasteiger partial charge in [0.1, 0.15) is 5.78 Å². The Morgan fingerprint density at radius 2 is 0.917 bits per heavy atom. The van der Waals surface area contributed by atoms with Gasteiger partial charge in [0.15, 0.2) is 0 Å². The SMILES string of the molecule is C=C(CC1CCC(CC(=O)CC(CCCCCCCCC2CC2CC2CC2CCCCC)CCCCCCCCC2CC2CC2CC2CCCCC)C1)C1CCN(S)CC1. The number of ketones is 1. The summed E-state index contributed by atoms with van der Waals surface area (Å²) in [5.41, 5.74) is 1.49. The average Bonchev–Trinajstić information content (AvgIpc) is 4.14. The molecule has 0 amide bonds. The van der Waals surface area contributed by atoms with Crippen LogP contribution in [0.1, 0.15) is 258 Å². The summed E-state index contributed by atoms with van der Waals surface area (Å²) in [6, 6.07) is 0. The van der Waals surface area contributed by atoms with Crippen LogP contribution in [0, 0.1) is 71.0 Å². The van der Waals surface area contributed by atoms with E-state index in [1.807, 2.05) is 0 Å². The molecule has 0 radical (unpaired) electrons. The van der Waals surface area contributed by atoms with Gasteiger partial charge < -0.3 is 0 Å². The number of unbranched alkanes of at least 4 members (excludes halogenated alkanes) is 14. The lowest BCUT2D eigenvalue weighted by Gasteiger charge is -2.30. The van der Waals surface area contributed by atoms with E-state index in [4.69, 9.17) is 0 Å². The van der Waals surface area contributed by atoms with Crippen molar-refractivity contribution in [1.82, 2.24) is 4.31 Å². The number of rotatable bonds is 37. The average molecular weight is 849 g/mol. The Labute approximate surface area is 380 Å². The first kappa shape index (κ1) is 49.2. The van der Waals surface area contributed by atoms with E-state index in [1.165, 1.54) is 198 Å². The molecule has 60 heavy (non-hydrogen) atoms. The Morgan fingerprint density at radius 1 is 0.517 bits per heavy atom. The van der Waals surface area contributed by atoms with Gasteiger partial charge in [0.2, 0.25) is 0 Å². The van der Waals surface area contributed by atoms with Gasteiger partial charge in [-0.15, -0.1) is 0 Å². The second kappa shape index (κ2) is 27.3. The van der Waals surface area contributed by atoms with Crippen LogP contribution < -0.4 is 0 Å². The number of thiol groups is 1. The van der Waals surface area contributed by atoms with Crippen molar-refractivity contribution in [3.63, 3.8) is 0 Å². The smallest absolute Gasteiger partial charge is 0.133 e. The number of nitrogens with zero attached hydrogens (tertiary/aromatic N) is 1. The van der Waals surface area contributed by atoms with Crippen molar-refractivity contribution in [2.24, 2.45) is 71.0 Å². The molecule has 1 aliphatic heterocycles. The molecular formula is C57H101NOS. The number of piperidine rings is 1. The van der Waals surface area contributed by atoms with Crippen molar-refractivity contribution < 1.29 is 4.79 Å². The number of hydrogen-bond acceptors (Lipinski definition) is 3. The number of allylic oxidation sites excluding steroid dienone is 1. The highest BCUT2D eigenvalue weighted by atomic mass is 32.1. The maximum Gasteiger partial charge on any atom is 0.133 e. The molecule has 1 heterocycles. The maximum atomic E-state index is 13.6. The van der Waals surface area contributed by atoms with Gasteiger partial charge in [-0.25, -0.2) is 0 Å². The largest absolute Gasteiger partial charge is 0.300 e. The summed E-state index contributed by atoms with van der Waals surface area (Å²) in [7, 11) is 0. The highest BCUT2D eigenvalue weighted by Gasteiger charge is 2.45. The molecular weight excluding hydrogens is 747 g/mol. The summed E-state index contributed by atoms with van der Waals surface area (Å²) in [5.74, 6) is 12.2. The molecule has 0 spiro atoms. The van der Waals surface area contributed by atoms with Crippen molar-refractivity contribution in [1.29, 1.82) is 0 Å². The van der Waals surface area contributed by atoms with E-state index in [1.54, 1.807) is 38.5 Å². The molecule has 0 aromatic rings. The van der Waals surface area contributed by atoms with Crippen LogP contribution in [0.5, 0.6) is 0 Å². The van der Waals surface area contributed by atoms with Crippen molar-refractivity contribution in [2.45, 2.75) is 258 Å². The predicted octanol–water partition coefficient (Wildman–Crippen LogP) is 17.6. The van der Waals surface area contributed by atoms with Crippen LogP contribution in [0.3, 0.4) is 0 Å². The molecule has 346 valence electrons. The van der Waals surface area contributed by atoms with E-state index >= 15 is 0 Å². The molecule has 5 saturated carbocycles. The zero-order valence-corrected chi connectivity index (χ0v) is 41.1. The Bertz CT molecular complexity index is 1130. The summed E-state index contributed by atoms with van der Waals surface area (Å²) >= 11 is 4.56. The Kier molecular flexibility index (Phi) is 22.3. The van der Waals surface area contributed by atoms with Crippen LogP contribution in [-0.4, -0.2) is 23.2 Å². The fourth-order valence-electron chi connectivity index (χ4n) is 13.4. The highest BCUT2D eigenvalue weighted by molar-refractivity contribution is 7.77. The van der Waals surface area contributed by atoms with E-state index in [-0.39, 0.29) is 0 Å². The predicted molar refractivity (Wildman–Crippen MR) is 263 cm³/mol. The molecule has 3 heteroatoms. The summed E-state index contributed by atoms with van der Waals surface area (Å²) in [5, 5.41) is 0. The highest BCUT2D eigenvalue weighted by Crippen LogP contribution is 2.56. The van der Waals surface area contributed by atoms with Gasteiger partial charge in [-0.05, 0) is 148 Å². The first-order chi connectivity index (χ1) is 29.4. The third-order valence-corrected chi connectivity index (χ3v) is 18.4. The number of carbonyl (C=O) groups excluding carboxylic acids is 1. The minimum Gasteiger partial charge on any atom is -0.300 e. The van der Waals surface area contributed by atoms with E-state index in [9.17, 15) is 4.79 Å². The summed E-state index contributed by atoms with van der Waals surface area (Å²) in [6.07, 6.45) is 53.1. The Balaban J connectivity index is 0.796. The molecule has 0 N–H and O–H groups in total. The van der Waals surface area contributed by atoms with Gasteiger partial charge in [-0.2, -0.15) is 0 Å². The minimum absolute atomic E-state index is 0.602. The molecule has 10 unspecified atom stereocenters. The lowest BCUT2D eigenvalue weighted by atomic mass is 9.84. The van der Waals surface area contributed by atoms with E-state index in [2.05, 4.69) is 37.5 Å². The van der Waals surface area contributed by atoms with Gasteiger partial charge in [0, 0.05) is 25.9 Å². The van der Waals surface area contributed by atoms with Crippen LogP contribution >= 0.6 is 12.8 Å². The molecule has 6 aliphatic rings. The Hall–Kier alpha value is -0.280. The quantitative estimate of drug-likeness (QED) is 0.0382. The van der Waals surface area contributed by atoms with Crippen molar-refractivity contribution in [3.05, 3.63) is 12.2 Å². The Morgan fingerprint density at radius 3 is 1.37 bits per heavy atom. The molecule has 1 saturated heterocycles. The van der Waals surface area contributed by atoms with Gasteiger partial charge in [0.25, 0.3) is 0 Å². The number of Topliss-reactive ketones (excluding diaryl/α,β-unsaturated/α-hetero) is 1.